The van der Waals surface area contributed by atoms with Gasteiger partial charge in [0.1, 0.15) is 18.2 Å². The van der Waals surface area contributed by atoms with Gasteiger partial charge in [0.05, 0.1) is 11.1 Å². The van der Waals surface area contributed by atoms with Crippen LogP contribution in [0.2, 0.25) is 5.02 Å². The summed E-state index contributed by atoms with van der Waals surface area (Å²) in [6.45, 7) is 1.67. The van der Waals surface area contributed by atoms with Crippen LogP contribution >= 0.6 is 11.6 Å². The average Bonchev–Trinajstić information content (AvgIpc) is 2.38. The summed E-state index contributed by atoms with van der Waals surface area (Å²) >= 11 is 5.93. The molecule has 1 N–H and O–H groups in total. The zero-order valence-electron chi connectivity index (χ0n) is 10.4. The molecule has 0 unspecified atom stereocenters. The van der Waals surface area contributed by atoms with Crippen molar-refractivity contribution in [1.29, 1.82) is 0 Å². The minimum atomic E-state index is -0.646. The van der Waals surface area contributed by atoms with E-state index in [-0.39, 0.29) is 6.61 Å². The Labute approximate surface area is 116 Å². The molecule has 2 rings (SSSR count). The average molecular weight is 281 g/mol. The maximum atomic E-state index is 13.6. The van der Waals surface area contributed by atoms with Crippen molar-refractivity contribution in [2.24, 2.45) is 0 Å². The standard InChI is InChI=1S/C15H14ClFO2/c1-10(18)11-5-2-3-8-15(11)19-9-12-13(16)6-4-7-14(12)17/h2-8,10,18H,9H2,1H3/t10-/m1/s1. The molecule has 2 nitrogen and oxygen atoms in total. The number of benzene rings is 2. The van der Waals surface area contributed by atoms with Gasteiger partial charge in [-0.15, -0.1) is 0 Å². The molecule has 4 heteroatoms. The normalized spacial score (nSPS) is 12.2. The van der Waals surface area contributed by atoms with Crippen LogP contribution in [0.15, 0.2) is 42.5 Å². The minimum absolute atomic E-state index is 0.0231. The first kappa shape index (κ1) is 13.8. The van der Waals surface area contributed by atoms with E-state index < -0.39 is 11.9 Å². The van der Waals surface area contributed by atoms with Gasteiger partial charge in [-0.2, -0.15) is 0 Å². The van der Waals surface area contributed by atoms with Crippen LogP contribution in [0.25, 0.3) is 0 Å². The number of rotatable bonds is 4. The summed E-state index contributed by atoms with van der Waals surface area (Å²) in [4.78, 5) is 0. The van der Waals surface area contributed by atoms with Gasteiger partial charge in [0.25, 0.3) is 0 Å². The van der Waals surface area contributed by atoms with Gasteiger partial charge < -0.3 is 9.84 Å². The van der Waals surface area contributed by atoms with Crippen LogP contribution in [0, 0.1) is 5.82 Å². The topological polar surface area (TPSA) is 29.5 Å². The van der Waals surface area contributed by atoms with Crippen molar-refractivity contribution in [1.82, 2.24) is 0 Å². The predicted octanol–water partition coefficient (Wildman–Crippen LogP) is 4.11. The van der Waals surface area contributed by atoms with Crippen molar-refractivity contribution in [3.05, 3.63) is 64.4 Å². The van der Waals surface area contributed by atoms with Crippen molar-refractivity contribution in [2.75, 3.05) is 0 Å². The van der Waals surface area contributed by atoms with Crippen molar-refractivity contribution < 1.29 is 14.2 Å². The van der Waals surface area contributed by atoms with Gasteiger partial charge in [-0.1, -0.05) is 35.9 Å². The molecule has 0 saturated heterocycles. The van der Waals surface area contributed by atoms with Gasteiger partial charge in [-0.05, 0) is 25.1 Å². The SMILES string of the molecule is C[C@@H](O)c1ccccc1OCc1c(F)cccc1Cl. The Bertz CT molecular complexity index is 550. The summed E-state index contributed by atoms with van der Waals surface area (Å²) in [7, 11) is 0. The number of halogens is 2. The quantitative estimate of drug-likeness (QED) is 0.913. The molecule has 2 aromatic carbocycles. The molecule has 2 aromatic rings. The third kappa shape index (κ3) is 3.25. The number of aliphatic hydroxyl groups is 1. The molecule has 0 aromatic heterocycles. The van der Waals surface area contributed by atoms with E-state index in [2.05, 4.69) is 0 Å². The van der Waals surface area contributed by atoms with E-state index in [0.717, 1.165) is 0 Å². The van der Waals surface area contributed by atoms with Crippen molar-refractivity contribution in [2.45, 2.75) is 19.6 Å². The first-order valence-electron chi connectivity index (χ1n) is 5.92. The zero-order chi connectivity index (χ0) is 13.8. The van der Waals surface area contributed by atoms with Crippen LogP contribution in [0.1, 0.15) is 24.2 Å². The van der Waals surface area contributed by atoms with E-state index in [0.29, 0.717) is 21.9 Å². The molecular weight excluding hydrogens is 267 g/mol. The van der Waals surface area contributed by atoms with E-state index in [9.17, 15) is 9.50 Å². The second-order valence-corrected chi connectivity index (χ2v) is 4.61. The lowest BCUT2D eigenvalue weighted by molar-refractivity contribution is 0.190. The summed E-state index contributed by atoms with van der Waals surface area (Å²) in [6, 6.07) is 11.6. The second-order valence-electron chi connectivity index (χ2n) is 4.20. The fourth-order valence-electron chi connectivity index (χ4n) is 1.78. The molecule has 100 valence electrons. The number of ether oxygens (including phenoxy) is 1. The monoisotopic (exact) mass is 280 g/mol. The lowest BCUT2D eigenvalue weighted by atomic mass is 10.1. The maximum absolute atomic E-state index is 13.6. The second kappa shape index (κ2) is 6.04. The van der Waals surface area contributed by atoms with Gasteiger partial charge in [0, 0.05) is 11.1 Å². The van der Waals surface area contributed by atoms with Crippen LogP contribution in [-0.2, 0) is 6.61 Å². The van der Waals surface area contributed by atoms with Crippen molar-refractivity contribution >= 4 is 11.6 Å². The molecule has 1 atom stereocenters. The Hall–Kier alpha value is -1.58. The van der Waals surface area contributed by atoms with Crippen LogP contribution in [0.4, 0.5) is 4.39 Å². The van der Waals surface area contributed by atoms with Gasteiger partial charge in [0.2, 0.25) is 0 Å². The fourth-order valence-corrected chi connectivity index (χ4v) is 1.99. The summed E-state index contributed by atoms with van der Waals surface area (Å²) in [5.41, 5.74) is 0.972. The van der Waals surface area contributed by atoms with E-state index in [1.165, 1.54) is 6.07 Å². The van der Waals surface area contributed by atoms with Gasteiger partial charge in [-0.25, -0.2) is 4.39 Å². The predicted molar refractivity (Wildman–Crippen MR) is 72.8 cm³/mol. The molecular formula is C15H14ClFO2. The highest BCUT2D eigenvalue weighted by atomic mass is 35.5. The molecule has 0 spiro atoms. The molecule has 0 aliphatic carbocycles. The highest BCUT2D eigenvalue weighted by Crippen LogP contribution is 2.27. The Morgan fingerprint density at radius 2 is 1.95 bits per heavy atom. The lowest BCUT2D eigenvalue weighted by Crippen LogP contribution is -2.03. The third-order valence-electron chi connectivity index (χ3n) is 2.80. The minimum Gasteiger partial charge on any atom is -0.488 e. The molecule has 0 radical (unpaired) electrons. The van der Waals surface area contributed by atoms with Gasteiger partial charge >= 0.3 is 0 Å². The van der Waals surface area contributed by atoms with Crippen LogP contribution < -0.4 is 4.74 Å². The van der Waals surface area contributed by atoms with Gasteiger partial charge in [0.15, 0.2) is 0 Å². The smallest absolute Gasteiger partial charge is 0.131 e. The van der Waals surface area contributed by atoms with E-state index in [1.54, 1.807) is 37.3 Å². The fraction of sp³-hybridized carbons (Fsp3) is 0.200. The molecule has 0 saturated carbocycles. The molecule has 0 fully saturated rings. The first-order valence-corrected chi connectivity index (χ1v) is 6.30. The summed E-state index contributed by atoms with van der Waals surface area (Å²) < 4.78 is 19.2. The summed E-state index contributed by atoms with van der Waals surface area (Å²) in [5, 5.41) is 9.96. The first-order chi connectivity index (χ1) is 9.09. The van der Waals surface area contributed by atoms with Crippen LogP contribution in [0.5, 0.6) is 5.75 Å². The molecule has 0 amide bonds. The molecule has 0 heterocycles. The molecule has 0 bridgehead atoms. The number of hydrogen-bond acceptors (Lipinski definition) is 2. The Morgan fingerprint density at radius 3 is 2.63 bits per heavy atom. The molecule has 0 aliphatic rings. The number of hydrogen-bond donors (Lipinski definition) is 1. The van der Waals surface area contributed by atoms with Crippen LogP contribution in [0.3, 0.4) is 0 Å². The highest BCUT2D eigenvalue weighted by Gasteiger charge is 2.11. The Kier molecular flexibility index (Phi) is 4.40. The number of para-hydroxylation sites is 1. The summed E-state index contributed by atoms with van der Waals surface area (Å²) in [6.07, 6.45) is -0.646. The third-order valence-corrected chi connectivity index (χ3v) is 3.16. The van der Waals surface area contributed by atoms with E-state index in [1.807, 2.05) is 6.07 Å². The molecule has 19 heavy (non-hydrogen) atoms. The van der Waals surface area contributed by atoms with Crippen LogP contribution in [-0.4, -0.2) is 5.11 Å². The lowest BCUT2D eigenvalue weighted by Gasteiger charge is -2.14. The maximum Gasteiger partial charge on any atom is 0.131 e. The number of aliphatic hydroxyl groups excluding tert-OH is 1. The van der Waals surface area contributed by atoms with Crippen molar-refractivity contribution in [3.63, 3.8) is 0 Å². The van der Waals surface area contributed by atoms with E-state index in [4.69, 9.17) is 16.3 Å². The zero-order valence-corrected chi connectivity index (χ0v) is 11.2. The highest BCUT2D eigenvalue weighted by molar-refractivity contribution is 6.31. The molecule has 0 aliphatic heterocycles. The van der Waals surface area contributed by atoms with Gasteiger partial charge in [-0.3, -0.25) is 0 Å². The Balaban J connectivity index is 2.19. The summed E-state index contributed by atoms with van der Waals surface area (Å²) in [5.74, 6) is 0.124. The van der Waals surface area contributed by atoms with Crippen molar-refractivity contribution in [3.8, 4) is 5.75 Å². The van der Waals surface area contributed by atoms with E-state index >= 15 is 0 Å². The largest absolute Gasteiger partial charge is 0.488 e. The Morgan fingerprint density at radius 1 is 1.21 bits per heavy atom.